The van der Waals surface area contributed by atoms with Crippen LogP contribution in [0, 0.1) is 0 Å². The minimum atomic E-state index is -0.948. The summed E-state index contributed by atoms with van der Waals surface area (Å²) >= 11 is 0. The first-order valence-corrected chi connectivity index (χ1v) is 14.1. The number of fused-ring (bicyclic) bond motifs is 2. The van der Waals surface area contributed by atoms with Gasteiger partial charge < -0.3 is 10.2 Å². The van der Waals surface area contributed by atoms with Gasteiger partial charge in [0.25, 0.3) is 0 Å². The first-order chi connectivity index (χ1) is 20.5. The molecule has 0 amide bonds. The molecule has 6 aromatic carbocycles. The fourth-order valence-electron chi connectivity index (χ4n) is 6.93. The van der Waals surface area contributed by atoms with Crippen molar-refractivity contribution in [3.63, 3.8) is 0 Å². The average molecular weight is 549 g/mol. The van der Waals surface area contributed by atoms with E-state index < -0.39 is 11.9 Å². The number of benzene rings is 6. The van der Waals surface area contributed by atoms with Gasteiger partial charge in [-0.15, -0.1) is 0 Å². The van der Waals surface area contributed by atoms with Gasteiger partial charge in [0.05, 0.1) is 11.1 Å². The Labute approximate surface area is 243 Å². The van der Waals surface area contributed by atoms with Crippen molar-refractivity contribution in [1.29, 1.82) is 0 Å². The van der Waals surface area contributed by atoms with Crippen LogP contribution in [0.2, 0.25) is 0 Å². The molecule has 0 unspecified atom stereocenters. The zero-order chi connectivity index (χ0) is 28.8. The summed E-state index contributed by atoms with van der Waals surface area (Å²) in [6.07, 6.45) is 0. The van der Waals surface area contributed by atoms with Crippen molar-refractivity contribution in [2.45, 2.75) is 23.7 Å². The second-order valence-electron chi connectivity index (χ2n) is 11.2. The van der Waals surface area contributed by atoms with Crippen molar-refractivity contribution >= 4 is 33.5 Å². The first kappa shape index (κ1) is 25.7. The lowest BCUT2D eigenvalue weighted by atomic mass is 9.49. The molecule has 0 aromatic heterocycles. The van der Waals surface area contributed by atoms with Gasteiger partial charge in [-0.3, -0.25) is 0 Å². The Hall–Kier alpha value is -5.22. The SMILES string of the molecule is O=C(O)c1ccc([C@@H]2[C@H](c3ccc(C(=O)O)cc3)[C@@H](c3ccc4ccccc4c3)[C@H]2c2ccc3ccccc3c2)cc1. The monoisotopic (exact) mass is 548 g/mol. The van der Waals surface area contributed by atoms with E-state index in [1.165, 1.54) is 32.7 Å². The van der Waals surface area contributed by atoms with Crippen molar-refractivity contribution < 1.29 is 19.8 Å². The minimum absolute atomic E-state index is 0.0566. The highest BCUT2D eigenvalue weighted by Gasteiger charge is 2.52. The molecule has 4 atom stereocenters. The summed E-state index contributed by atoms with van der Waals surface area (Å²) in [6.45, 7) is 0. The summed E-state index contributed by atoms with van der Waals surface area (Å²) in [4.78, 5) is 23.3. The molecule has 204 valence electrons. The third-order valence-electron chi connectivity index (χ3n) is 8.95. The van der Waals surface area contributed by atoms with Gasteiger partial charge in [-0.25, -0.2) is 9.59 Å². The molecule has 1 fully saturated rings. The van der Waals surface area contributed by atoms with E-state index in [0.717, 1.165) is 11.1 Å². The lowest BCUT2D eigenvalue weighted by Crippen LogP contribution is -2.40. The van der Waals surface area contributed by atoms with E-state index in [-0.39, 0.29) is 34.8 Å². The fraction of sp³-hybridized carbons (Fsp3) is 0.105. The number of carbonyl (C=O) groups is 2. The van der Waals surface area contributed by atoms with Crippen LogP contribution in [0.15, 0.2) is 133 Å². The van der Waals surface area contributed by atoms with E-state index in [1.54, 1.807) is 24.3 Å². The standard InChI is InChI=1S/C38H28O4/c39-37(40)27-15-11-25(12-16-27)33-34(26-13-17-28(18-14-26)38(41)42)36(32-20-10-24-6-2-4-8-30(24)22-32)35(33)31-19-9-23-5-1-3-7-29(23)21-31/h1-22,33-36H,(H,39,40)(H,41,42)/t33-,34+,35+,36-. The molecule has 7 rings (SSSR count). The Bertz CT molecular complexity index is 1810. The molecule has 0 saturated heterocycles. The molecule has 0 bridgehead atoms. The number of carboxylic acids is 2. The van der Waals surface area contributed by atoms with Gasteiger partial charge >= 0.3 is 11.9 Å². The molecule has 0 aliphatic heterocycles. The minimum Gasteiger partial charge on any atom is -0.478 e. The van der Waals surface area contributed by atoms with E-state index in [9.17, 15) is 19.8 Å². The number of rotatable bonds is 6. The van der Waals surface area contributed by atoms with Crippen LogP contribution in [-0.4, -0.2) is 22.2 Å². The Kier molecular flexibility index (Phi) is 6.32. The van der Waals surface area contributed by atoms with E-state index in [0.29, 0.717) is 0 Å². The highest BCUT2D eigenvalue weighted by molar-refractivity contribution is 5.88. The van der Waals surface area contributed by atoms with Gasteiger partial charge in [0.1, 0.15) is 0 Å². The van der Waals surface area contributed by atoms with Crippen molar-refractivity contribution in [3.05, 3.63) is 167 Å². The second-order valence-corrected chi connectivity index (χ2v) is 11.2. The van der Waals surface area contributed by atoms with Gasteiger partial charge in [-0.1, -0.05) is 109 Å². The molecule has 0 heterocycles. The first-order valence-electron chi connectivity index (χ1n) is 14.1. The van der Waals surface area contributed by atoms with Crippen LogP contribution >= 0.6 is 0 Å². The van der Waals surface area contributed by atoms with Crippen LogP contribution in [0.3, 0.4) is 0 Å². The third kappa shape index (κ3) is 4.42. The fourth-order valence-corrected chi connectivity index (χ4v) is 6.93. The largest absolute Gasteiger partial charge is 0.478 e. The Morgan fingerprint density at radius 1 is 0.381 bits per heavy atom. The summed E-state index contributed by atoms with van der Waals surface area (Å²) < 4.78 is 0. The Balaban J connectivity index is 1.43. The number of carboxylic acid groups (broad SMARTS) is 2. The van der Waals surface area contributed by atoms with Crippen LogP contribution < -0.4 is 0 Å². The van der Waals surface area contributed by atoms with Crippen LogP contribution in [0.5, 0.6) is 0 Å². The molecule has 1 aliphatic carbocycles. The van der Waals surface area contributed by atoms with Gasteiger partial charge in [0.15, 0.2) is 0 Å². The quantitative estimate of drug-likeness (QED) is 0.218. The maximum atomic E-state index is 11.6. The topological polar surface area (TPSA) is 74.6 Å². The molecule has 2 N–H and O–H groups in total. The van der Waals surface area contributed by atoms with Gasteiger partial charge in [0.2, 0.25) is 0 Å². The van der Waals surface area contributed by atoms with E-state index in [2.05, 4.69) is 72.8 Å². The van der Waals surface area contributed by atoms with Gasteiger partial charge in [-0.2, -0.15) is 0 Å². The summed E-state index contributed by atoms with van der Waals surface area (Å²) in [5.41, 5.74) is 5.13. The lowest BCUT2D eigenvalue weighted by Gasteiger charge is -2.54. The predicted octanol–water partition coefficient (Wildman–Crippen LogP) is 8.84. The second kappa shape index (κ2) is 10.3. The summed E-state index contributed by atoms with van der Waals surface area (Å²) in [6, 6.07) is 44.6. The van der Waals surface area contributed by atoms with E-state index in [4.69, 9.17) is 0 Å². The van der Waals surface area contributed by atoms with Crippen LogP contribution in [0.1, 0.15) is 66.6 Å². The molecule has 1 saturated carbocycles. The van der Waals surface area contributed by atoms with Crippen molar-refractivity contribution in [1.82, 2.24) is 0 Å². The molecular formula is C38H28O4. The van der Waals surface area contributed by atoms with Gasteiger partial charge in [0, 0.05) is 0 Å². The third-order valence-corrected chi connectivity index (χ3v) is 8.95. The van der Waals surface area contributed by atoms with E-state index in [1.807, 2.05) is 36.4 Å². The summed E-state index contributed by atoms with van der Waals surface area (Å²) in [5.74, 6) is -1.54. The van der Waals surface area contributed by atoms with Crippen molar-refractivity contribution in [3.8, 4) is 0 Å². The maximum absolute atomic E-state index is 11.6. The zero-order valence-electron chi connectivity index (χ0n) is 22.7. The smallest absolute Gasteiger partial charge is 0.335 e. The number of aromatic carboxylic acids is 2. The summed E-state index contributed by atoms with van der Waals surface area (Å²) in [5, 5.41) is 23.8. The van der Waals surface area contributed by atoms with Crippen LogP contribution in [0.4, 0.5) is 0 Å². The van der Waals surface area contributed by atoms with Crippen LogP contribution in [-0.2, 0) is 0 Å². The highest BCUT2D eigenvalue weighted by atomic mass is 16.4. The molecule has 1 aliphatic rings. The maximum Gasteiger partial charge on any atom is 0.335 e. The Morgan fingerprint density at radius 3 is 1.05 bits per heavy atom. The van der Waals surface area contributed by atoms with E-state index >= 15 is 0 Å². The lowest BCUT2D eigenvalue weighted by molar-refractivity contribution is 0.0686. The Morgan fingerprint density at radius 2 is 0.690 bits per heavy atom. The molecule has 42 heavy (non-hydrogen) atoms. The number of hydrogen-bond acceptors (Lipinski definition) is 2. The van der Waals surface area contributed by atoms with Crippen LogP contribution in [0.25, 0.3) is 21.5 Å². The van der Waals surface area contributed by atoms with Crippen molar-refractivity contribution in [2.24, 2.45) is 0 Å². The molecule has 6 aromatic rings. The number of hydrogen-bond donors (Lipinski definition) is 2. The van der Waals surface area contributed by atoms with Crippen molar-refractivity contribution in [2.75, 3.05) is 0 Å². The average Bonchev–Trinajstić information content (AvgIpc) is 3.01. The molecule has 4 heteroatoms. The zero-order valence-corrected chi connectivity index (χ0v) is 22.7. The van der Waals surface area contributed by atoms with Gasteiger partial charge in [-0.05, 0) is 91.7 Å². The predicted molar refractivity (Wildman–Crippen MR) is 166 cm³/mol. The molecular weight excluding hydrogens is 520 g/mol. The molecule has 0 radical (unpaired) electrons. The molecule has 4 nitrogen and oxygen atoms in total. The summed E-state index contributed by atoms with van der Waals surface area (Å²) in [7, 11) is 0. The highest BCUT2D eigenvalue weighted by Crippen LogP contribution is 2.66. The normalized spacial score (nSPS) is 19.8. The molecule has 0 spiro atoms.